The summed E-state index contributed by atoms with van der Waals surface area (Å²) in [5.41, 5.74) is 5.77. The molecule has 0 aliphatic rings. The summed E-state index contributed by atoms with van der Waals surface area (Å²) < 4.78 is 31.7. The zero-order valence-electron chi connectivity index (χ0n) is 11.0. The predicted octanol–water partition coefficient (Wildman–Crippen LogP) is 1.87. The first-order valence-corrected chi connectivity index (χ1v) is 7.81. The molecule has 0 amide bonds. The lowest BCUT2D eigenvalue weighted by atomic mass is 10.2. The maximum Gasteiger partial charge on any atom is 0.242 e. The fourth-order valence-corrected chi connectivity index (χ4v) is 2.71. The smallest absolute Gasteiger partial charge is 0.242 e. The number of halogens is 1. The molecule has 0 saturated carbocycles. The predicted molar refractivity (Wildman–Crippen MR) is 76.7 cm³/mol. The van der Waals surface area contributed by atoms with Crippen LogP contribution in [0.1, 0.15) is 13.8 Å². The summed E-state index contributed by atoms with van der Waals surface area (Å²) >= 11 is 5.73. The molecule has 19 heavy (non-hydrogen) atoms. The second-order valence-electron chi connectivity index (χ2n) is 4.55. The second kappa shape index (κ2) is 7.09. The van der Waals surface area contributed by atoms with Crippen LogP contribution in [0.15, 0.2) is 23.1 Å². The van der Waals surface area contributed by atoms with Gasteiger partial charge < -0.3 is 10.5 Å². The number of nitrogen functional groups attached to an aromatic ring is 1. The molecule has 0 spiro atoms. The van der Waals surface area contributed by atoms with Crippen molar-refractivity contribution in [3.8, 4) is 0 Å². The van der Waals surface area contributed by atoms with E-state index in [1.165, 1.54) is 18.2 Å². The minimum Gasteiger partial charge on any atom is -0.398 e. The Morgan fingerprint density at radius 1 is 1.42 bits per heavy atom. The number of nitrogens with two attached hydrogens (primary N) is 1. The van der Waals surface area contributed by atoms with Gasteiger partial charge in [-0.15, -0.1) is 0 Å². The number of hydrogen-bond acceptors (Lipinski definition) is 4. The van der Waals surface area contributed by atoms with Crippen LogP contribution >= 0.6 is 11.6 Å². The van der Waals surface area contributed by atoms with Crippen molar-refractivity contribution in [2.24, 2.45) is 5.92 Å². The van der Waals surface area contributed by atoms with Crippen molar-refractivity contribution in [3.05, 3.63) is 23.2 Å². The Kier molecular flexibility index (Phi) is 6.06. The number of hydrogen-bond donors (Lipinski definition) is 2. The van der Waals surface area contributed by atoms with E-state index in [1.807, 2.05) is 13.8 Å². The summed E-state index contributed by atoms with van der Waals surface area (Å²) in [7, 11) is -3.62. The molecule has 0 atom stereocenters. The highest BCUT2D eigenvalue weighted by atomic mass is 35.5. The van der Waals surface area contributed by atoms with Crippen LogP contribution in [-0.2, 0) is 14.8 Å². The molecule has 0 radical (unpaired) electrons. The van der Waals surface area contributed by atoms with Gasteiger partial charge in [0.25, 0.3) is 0 Å². The Morgan fingerprint density at radius 3 is 2.68 bits per heavy atom. The molecule has 0 aliphatic carbocycles. The van der Waals surface area contributed by atoms with Gasteiger partial charge in [0.05, 0.1) is 12.3 Å². The molecule has 0 aromatic heterocycles. The van der Waals surface area contributed by atoms with Crippen molar-refractivity contribution in [3.63, 3.8) is 0 Å². The molecule has 7 heteroatoms. The molecule has 1 aromatic rings. The Labute approximate surface area is 119 Å². The average molecular weight is 307 g/mol. The Bertz CT molecular complexity index is 518. The van der Waals surface area contributed by atoms with Crippen molar-refractivity contribution in [2.75, 3.05) is 25.5 Å². The van der Waals surface area contributed by atoms with Crippen molar-refractivity contribution < 1.29 is 13.2 Å². The van der Waals surface area contributed by atoms with Gasteiger partial charge in [-0.2, -0.15) is 0 Å². The van der Waals surface area contributed by atoms with E-state index < -0.39 is 10.0 Å². The molecule has 108 valence electrons. The maximum absolute atomic E-state index is 12.0. The lowest BCUT2D eigenvalue weighted by Gasteiger charge is -2.10. The normalized spacial score (nSPS) is 12.0. The molecule has 0 heterocycles. The molecular weight excluding hydrogens is 288 g/mol. The molecule has 1 aromatic carbocycles. The first-order valence-electron chi connectivity index (χ1n) is 5.95. The topological polar surface area (TPSA) is 81.4 Å². The molecule has 0 bridgehead atoms. The van der Waals surface area contributed by atoms with Gasteiger partial charge in [-0.1, -0.05) is 25.4 Å². The highest BCUT2D eigenvalue weighted by molar-refractivity contribution is 7.89. The van der Waals surface area contributed by atoms with Crippen LogP contribution < -0.4 is 10.5 Å². The van der Waals surface area contributed by atoms with Crippen LogP contribution in [-0.4, -0.2) is 28.2 Å². The minimum absolute atomic E-state index is 0.0285. The fraction of sp³-hybridized carbons (Fsp3) is 0.500. The van der Waals surface area contributed by atoms with E-state index in [1.54, 1.807) is 0 Å². The van der Waals surface area contributed by atoms with E-state index in [0.29, 0.717) is 24.2 Å². The molecular formula is C12H19ClN2O3S. The van der Waals surface area contributed by atoms with Gasteiger partial charge in [0, 0.05) is 18.2 Å². The largest absolute Gasteiger partial charge is 0.398 e. The van der Waals surface area contributed by atoms with Crippen LogP contribution in [0.3, 0.4) is 0 Å². The lowest BCUT2D eigenvalue weighted by Crippen LogP contribution is -2.28. The molecule has 0 fully saturated rings. The van der Waals surface area contributed by atoms with Gasteiger partial charge in [0.1, 0.15) is 4.90 Å². The van der Waals surface area contributed by atoms with Crippen molar-refractivity contribution in [2.45, 2.75) is 18.7 Å². The van der Waals surface area contributed by atoms with Crippen molar-refractivity contribution >= 4 is 27.3 Å². The number of nitrogens with one attached hydrogen (secondary N) is 1. The Morgan fingerprint density at radius 2 is 2.11 bits per heavy atom. The summed E-state index contributed by atoms with van der Waals surface area (Å²) in [5.74, 6) is 0.420. The third-order valence-corrected chi connectivity index (χ3v) is 4.02. The van der Waals surface area contributed by atoms with Gasteiger partial charge in [0.2, 0.25) is 10.0 Å². The van der Waals surface area contributed by atoms with Gasteiger partial charge >= 0.3 is 0 Å². The van der Waals surface area contributed by atoms with Gasteiger partial charge in [0.15, 0.2) is 0 Å². The number of ether oxygens (including phenoxy) is 1. The van der Waals surface area contributed by atoms with E-state index in [4.69, 9.17) is 22.1 Å². The average Bonchev–Trinajstić information content (AvgIpc) is 2.27. The monoisotopic (exact) mass is 306 g/mol. The lowest BCUT2D eigenvalue weighted by molar-refractivity contribution is 0.114. The summed E-state index contributed by atoms with van der Waals surface area (Å²) in [5, 5.41) is 0.400. The van der Waals surface area contributed by atoms with E-state index in [2.05, 4.69) is 4.72 Å². The summed E-state index contributed by atoms with van der Waals surface area (Å²) in [6.45, 7) is 5.18. The molecule has 0 unspecified atom stereocenters. The standard InChI is InChI=1S/C12H19ClN2O3S/c1-9(2)8-18-6-5-15-19(16,17)12-4-3-10(13)7-11(12)14/h3-4,7,9,15H,5-6,8,14H2,1-2H3. The first-order chi connectivity index (χ1) is 8.83. The zero-order chi connectivity index (χ0) is 14.5. The van der Waals surface area contributed by atoms with E-state index in [9.17, 15) is 8.42 Å². The van der Waals surface area contributed by atoms with Crippen LogP contribution in [0.4, 0.5) is 5.69 Å². The summed E-state index contributed by atoms with van der Waals surface area (Å²) in [6, 6.07) is 4.28. The van der Waals surface area contributed by atoms with Crippen LogP contribution in [0.25, 0.3) is 0 Å². The highest BCUT2D eigenvalue weighted by Gasteiger charge is 2.16. The quantitative estimate of drug-likeness (QED) is 0.595. The van der Waals surface area contributed by atoms with Gasteiger partial charge in [-0.3, -0.25) is 0 Å². The number of anilines is 1. The molecule has 1 rings (SSSR count). The third kappa shape index (κ3) is 5.36. The third-order valence-electron chi connectivity index (χ3n) is 2.25. The van der Waals surface area contributed by atoms with Crippen LogP contribution in [0.5, 0.6) is 0 Å². The molecule has 0 aliphatic heterocycles. The van der Waals surface area contributed by atoms with E-state index >= 15 is 0 Å². The van der Waals surface area contributed by atoms with Crippen molar-refractivity contribution in [1.82, 2.24) is 4.72 Å². The maximum atomic E-state index is 12.0. The van der Waals surface area contributed by atoms with Gasteiger partial charge in [-0.05, 0) is 24.1 Å². The Hall–Kier alpha value is -0.820. The van der Waals surface area contributed by atoms with E-state index in [0.717, 1.165) is 0 Å². The molecule has 0 saturated heterocycles. The molecule has 3 N–H and O–H groups in total. The second-order valence-corrected chi connectivity index (χ2v) is 6.72. The van der Waals surface area contributed by atoms with Crippen molar-refractivity contribution in [1.29, 1.82) is 0 Å². The fourth-order valence-electron chi connectivity index (χ4n) is 1.41. The number of benzene rings is 1. The molecule has 5 nitrogen and oxygen atoms in total. The SMILES string of the molecule is CC(C)COCCNS(=O)(=O)c1ccc(Cl)cc1N. The highest BCUT2D eigenvalue weighted by Crippen LogP contribution is 2.21. The summed E-state index contributed by atoms with van der Waals surface area (Å²) in [4.78, 5) is 0.0285. The zero-order valence-corrected chi connectivity index (χ0v) is 12.6. The van der Waals surface area contributed by atoms with E-state index in [-0.39, 0.29) is 17.1 Å². The number of rotatable bonds is 7. The van der Waals surface area contributed by atoms with Crippen LogP contribution in [0.2, 0.25) is 5.02 Å². The number of sulfonamides is 1. The van der Waals surface area contributed by atoms with Gasteiger partial charge in [-0.25, -0.2) is 13.1 Å². The minimum atomic E-state index is -3.62. The Balaban J connectivity index is 2.56. The first kappa shape index (κ1) is 16.2. The van der Waals surface area contributed by atoms with Crippen LogP contribution in [0, 0.1) is 5.92 Å². The summed E-state index contributed by atoms with van der Waals surface area (Å²) in [6.07, 6.45) is 0.